The third kappa shape index (κ3) is 4.19. The van der Waals surface area contributed by atoms with E-state index in [1.54, 1.807) is 29.5 Å². The van der Waals surface area contributed by atoms with Crippen LogP contribution >= 0.6 is 0 Å². The average molecular weight is 503 g/mol. The SMILES string of the molecule is CC(C)(O)CCc1cc(-c2ccc(N3CC4CC(C(C)(C)C)(C3)N4C(=O)O)nc2)c2c(C#N)cnn2c1. The van der Waals surface area contributed by atoms with Gasteiger partial charge in [-0.1, -0.05) is 20.8 Å². The lowest BCUT2D eigenvalue weighted by Gasteiger charge is -2.68. The van der Waals surface area contributed by atoms with Crippen LogP contribution in [-0.4, -0.2) is 66.1 Å². The molecule has 3 saturated heterocycles. The third-order valence-corrected chi connectivity index (χ3v) is 8.08. The van der Waals surface area contributed by atoms with Gasteiger partial charge in [0.05, 0.1) is 34.5 Å². The van der Waals surface area contributed by atoms with Crippen molar-refractivity contribution in [1.29, 1.82) is 5.26 Å². The van der Waals surface area contributed by atoms with Crippen molar-refractivity contribution in [3.05, 3.63) is 47.9 Å². The molecule has 0 saturated carbocycles. The van der Waals surface area contributed by atoms with Gasteiger partial charge in [0.15, 0.2) is 0 Å². The molecular weight excluding hydrogens is 468 g/mol. The number of amides is 1. The van der Waals surface area contributed by atoms with E-state index < -0.39 is 17.2 Å². The van der Waals surface area contributed by atoms with Crippen LogP contribution < -0.4 is 4.90 Å². The summed E-state index contributed by atoms with van der Waals surface area (Å²) < 4.78 is 1.73. The summed E-state index contributed by atoms with van der Waals surface area (Å²) in [6, 6.07) is 8.23. The molecular formula is C28H34N6O3. The Morgan fingerprint density at radius 3 is 2.59 bits per heavy atom. The van der Waals surface area contributed by atoms with E-state index in [1.165, 1.54) is 0 Å². The Hall–Kier alpha value is -3.64. The summed E-state index contributed by atoms with van der Waals surface area (Å²) in [6.07, 6.45) is 6.58. The molecule has 3 aromatic rings. The molecule has 194 valence electrons. The van der Waals surface area contributed by atoms with E-state index in [1.807, 2.05) is 24.5 Å². The average Bonchev–Trinajstić information content (AvgIpc) is 3.24. The maximum atomic E-state index is 12.0. The van der Waals surface area contributed by atoms with E-state index >= 15 is 0 Å². The summed E-state index contributed by atoms with van der Waals surface area (Å²) in [4.78, 5) is 20.6. The van der Waals surface area contributed by atoms with Crippen molar-refractivity contribution in [2.75, 3.05) is 18.0 Å². The number of nitrogens with zero attached hydrogens (tertiary/aromatic N) is 6. The standard InChI is InChI=1S/C28H34N6O3/c1-26(2,3)28-11-21(34(28)25(35)36)16-32(17-28)23-7-6-19(13-30-23)22-10-18(8-9-27(4,5)37)15-33-24(22)20(12-29)14-31-33/h6-7,10,13-15,21,37H,8-9,11,16-17H2,1-5H3,(H,35,36). The smallest absolute Gasteiger partial charge is 0.408 e. The van der Waals surface area contributed by atoms with E-state index in [2.05, 4.69) is 42.9 Å². The summed E-state index contributed by atoms with van der Waals surface area (Å²) in [5, 5.41) is 34.1. The van der Waals surface area contributed by atoms with Crippen LogP contribution in [0, 0.1) is 16.7 Å². The van der Waals surface area contributed by atoms with E-state index in [0.717, 1.165) is 34.4 Å². The molecule has 2 unspecified atom stereocenters. The minimum atomic E-state index is -0.850. The molecule has 0 aromatic carbocycles. The summed E-state index contributed by atoms with van der Waals surface area (Å²) >= 11 is 0. The zero-order valence-electron chi connectivity index (χ0n) is 22.1. The van der Waals surface area contributed by atoms with Gasteiger partial charge < -0.3 is 15.1 Å². The van der Waals surface area contributed by atoms with Crippen molar-refractivity contribution in [2.24, 2.45) is 5.41 Å². The number of carbonyl (C=O) groups is 1. The number of rotatable bonds is 5. The fraction of sp³-hybridized carbons (Fsp3) is 0.500. The van der Waals surface area contributed by atoms with Crippen molar-refractivity contribution in [3.63, 3.8) is 0 Å². The van der Waals surface area contributed by atoms with E-state index in [9.17, 15) is 20.3 Å². The molecule has 3 aliphatic rings. The lowest BCUT2D eigenvalue weighted by Crippen LogP contribution is -2.82. The minimum absolute atomic E-state index is 0.0380. The van der Waals surface area contributed by atoms with Crippen LogP contribution in [-0.2, 0) is 6.42 Å². The highest BCUT2D eigenvalue weighted by atomic mass is 16.4. The van der Waals surface area contributed by atoms with Gasteiger partial charge in [-0.25, -0.2) is 14.3 Å². The molecule has 0 spiro atoms. The van der Waals surface area contributed by atoms with E-state index in [4.69, 9.17) is 4.98 Å². The molecule has 2 N–H and O–H groups in total. The Morgan fingerprint density at radius 1 is 1.24 bits per heavy atom. The van der Waals surface area contributed by atoms with Crippen LogP contribution in [0.25, 0.3) is 16.6 Å². The van der Waals surface area contributed by atoms with Crippen LogP contribution in [0.15, 0.2) is 36.8 Å². The maximum Gasteiger partial charge on any atom is 0.408 e. The van der Waals surface area contributed by atoms with Crippen LogP contribution in [0.5, 0.6) is 0 Å². The summed E-state index contributed by atoms with van der Waals surface area (Å²) in [7, 11) is 0. The van der Waals surface area contributed by atoms with Gasteiger partial charge in [-0.3, -0.25) is 4.90 Å². The number of pyridine rings is 2. The van der Waals surface area contributed by atoms with Crippen molar-refractivity contribution in [1.82, 2.24) is 19.5 Å². The zero-order valence-corrected chi connectivity index (χ0v) is 22.1. The number of piperazine rings is 1. The lowest BCUT2D eigenvalue weighted by molar-refractivity contribution is -0.124. The van der Waals surface area contributed by atoms with Crippen LogP contribution in [0.3, 0.4) is 0 Å². The second-order valence-corrected chi connectivity index (χ2v) is 12.1. The Morgan fingerprint density at radius 2 is 2.00 bits per heavy atom. The number of aromatic nitrogens is 3. The topological polar surface area (TPSA) is 118 Å². The fourth-order valence-electron chi connectivity index (χ4n) is 5.95. The lowest BCUT2D eigenvalue weighted by atomic mass is 9.60. The first-order valence-electron chi connectivity index (χ1n) is 12.7. The number of hydrogen-bond donors (Lipinski definition) is 2. The largest absolute Gasteiger partial charge is 0.465 e. The van der Waals surface area contributed by atoms with E-state index in [0.29, 0.717) is 31.5 Å². The van der Waals surface area contributed by atoms with Gasteiger partial charge in [0, 0.05) is 36.6 Å². The number of piperidine rings is 1. The van der Waals surface area contributed by atoms with Crippen LogP contribution in [0.1, 0.15) is 58.6 Å². The number of nitriles is 1. The molecule has 3 aliphatic heterocycles. The fourth-order valence-corrected chi connectivity index (χ4v) is 5.95. The molecule has 37 heavy (non-hydrogen) atoms. The van der Waals surface area contributed by atoms with Gasteiger partial charge in [0.1, 0.15) is 11.9 Å². The van der Waals surface area contributed by atoms with Crippen LogP contribution in [0.4, 0.5) is 10.6 Å². The molecule has 1 amide bonds. The second-order valence-electron chi connectivity index (χ2n) is 12.1. The van der Waals surface area contributed by atoms with Gasteiger partial charge in [-0.15, -0.1) is 0 Å². The number of aliphatic hydroxyl groups is 1. The van der Waals surface area contributed by atoms with Gasteiger partial charge in [-0.2, -0.15) is 10.4 Å². The molecule has 9 nitrogen and oxygen atoms in total. The molecule has 3 fully saturated rings. The highest BCUT2D eigenvalue weighted by molar-refractivity contribution is 5.84. The Bertz CT molecular complexity index is 1390. The first kappa shape index (κ1) is 25.0. The summed E-state index contributed by atoms with van der Waals surface area (Å²) in [5.41, 5.74) is 2.54. The number of anilines is 1. The van der Waals surface area contributed by atoms with E-state index in [-0.39, 0.29) is 11.5 Å². The number of carboxylic acid groups (broad SMARTS) is 1. The molecule has 0 radical (unpaired) electrons. The Balaban J connectivity index is 1.47. The third-order valence-electron chi connectivity index (χ3n) is 8.08. The number of hydrogen-bond acceptors (Lipinski definition) is 6. The first-order valence-corrected chi connectivity index (χ1v) is 12.7. The second kappa shape index (κ2) is 8.45. The first-order chi connectivity index (χ1) is 17.3. The number of aryl methyl sites for hydroxylation is 1. The van der Waals surface area contributed by atoms with Crippen molar-refractivity contribution >= 4 is 17.4 Å². The predicted octanol–water partition coefficient (Wildman–Crippen LogP) is 4.33. The Kier molecular flexibility index (Phi) is 5.72. The number of fused-ring (bicyclic) bond motifs is 3. The minimum Gasteiger partial charge on any atom is -0.465 e. The van der Waals surface area contributed by atoms with Gasteiger partial charge in [0.25, 0.3) is 0 Å². The van der Waals surface area contributed by atoms with Crippen molar-refractivity contribution < 1.29 is 15.0 Å². The molecule has 2 atom stereocenters. The van der Waals surface area contributed by atoms with Gasteiger partial charge >= 0.3 is 6.09 Å². The summed E-state index contributed by atoms with van der Waals surface area (Å²) in [6.45, 7) is 11.1. The molecule has 6 rings (SSSR count). The summed E-state index contributed by atoms with van der Waals surface area (Å²) in [5.74, 6) is 0.815. The molecule has 2 bridgehead atoms. The Labute approximate surface area is 217 Å². The highest BCUT2D eigenvalue weighted by Gasteiger charge is 2.64. The predicted molar refractivity (Wildman–Crippen MR) is 140 cm³/mol. The highest BCUT2D eigenvalue weighted by Crippen LogP contribution is 2.52. The van der Waals surface area contributed by atoms with Crippen molar-refractivity contribution in [3.8, 4) is 17.2 Å². The molecule has 3 aromatic heterocycles. The monoisotopic (exact) mass is 502 g/mol. The van der Waals surface area contributed by atoms with Gasteiger partial charge in [0.2, 0.25) is 0 Å². The molecule has 9 heteroatoms. The molecule has 0 aliphatic carbocycles. The quantitative estimate of drug-likeness (QED) is 0.533. The van der Waals surface area contributed by atoms with Crippen molar-refractivity contribution in [2.45, 2.75) is 71.1 Å². The zero-order chi connectivity index (χ0) is 26.8. The van der Waals surface area contributed by atoms with Gasteiger partial charge in [-0.05, 0) is 62.3 Å². The normalized spacial score (nSPS) is 21.6. The molecule has 6 heterocycles. The maximum absolute atomic E-state index is 12.0. The van der Waals surface area contributed by atoms with Crippen LogP contribution in [0.2, 0.25) is 0 Å².